The first kappa shape index (κ1) is 16.9. The molecule has 0 fully saturated rings. The highest BCUT2D eigenvalue weighted by Gasteiger charge is 2.25. The Labute approximate surface area is 147 Å². The van der Waals surface area contributed by atoms with Gasteiger partial charge in [0.05, 0.1) is 5.39 Å². The predicted molar refractivity (Wildman–Crippen MR) is 97.5 cm³/mol. The SMILES string of the molecule is CC(=O)Oc1c(C(=O)Nc2ccccc2)c(=O)n(C)c2scc(C)c12. The number of hydrogen-bond donors (Lipinski definition) is 1. The highest BCUT2D eigenvalue weighted by Crippen LogP contribution is 2.34. The van der Waals surface area contributed by atoms with Crippen molar-refractivity contribution in [1.82, 2.24) is 4.57 Å². The van der Waals surface area contributed by atoms with Gasteiger partial charge in [-0.3, -0.25) is 14.4 Å². The Morgan fingerprint density at radius 3 is 2.52 bits per heavy atom. The Balaban J connectivity index is 2.23. The lowest BCUT2D eigenvalue weighted by atomic mass is 10.1. The molecule has 6 nitrogen and oxygen atoms in total. The average Bonchev–Trinajstić information content (AvgIpc) is 2.95. The Kier molecular flexibility index (Phi) is 4.41. The molecular formula is C18H16N2O4S. The molecule has 2 heterocycles. The largest absolute Gasteiger partial charge is 0.425 e. The molecule has 1 aromatic carbocycles. The van der Waals surface area contributed by atoms with Crippen molar-refractivity contribution in [2.75, 3.05) is 5.32 Å². The van der Waals surface area contributed by atoms with Gasteiger partial charge in [0, 0.05) is 19.7 Å². The number of para-hydroxylation sites is 1. The molecule has 0 saturated carbocycles. The molecule has 0 spiro atoms. The van der Waals surface area contributed by atoms with Crippen molar-refractivity contribution in [2.24, 2.45) is 7.05 Å². The molecule has 0 saturated heterocycles. The van der Waals surface area contributed by atoms with E-state index in [4.69, 9.17) is 4.74 Å². The average molecular weight is 356 g/mol. The number of amides is 1. The summed E-state index contributed by atoms with van der Waals surface area (Å²) < 4.78 is 6.69. The fraction of sp³-hybridized carbons (Fsp3) is 0.167. The molecule has 128 valence electrons. The van der Waals surface area contributed by atoms with E-state index in [0.717, 1.165) is 5.56 Å². The van der Waals surface area contributed by atoms with Crippen LogP contribution in [0.5, 0.6) is 5.75 Å². The van der Waals surface area contributed by atoms with Gasteiger partial charge in [-0.25, -0.2) is 0 Å². The second kappa shape index (κ2) is 6.52. The number of aryl methyl sites for hydroxylation is 2. The first-order chi connectivity index (χ1) is 11.9. The Morgan fingerprint density at radius 2 is 1.88 bits per heavy atom. The quantitative estimate of drug-likeness (QED) is 0.732. The first-order valence-corrected chi connectivity index (χ1v) is 8.43. The van der Waals surface area contributed by atoms with E-state index in [1.807, 2.05) is 18.4 Å². The molecule has 3 aromatic rings. The number of anilines is 1. The number of fused-ring (bicyclic) bond motifs is 1. The van der Waals surface area contributed by atoms with Crippen LogP contribution in [-0.2, 0) is 11.8 Å². The van der Waals surface area contributed by atoms with E-state index in [2.05, 4.69) is 5.32 Å². The third-order valence-corrected chi connectivity index (χ3v) is 4.91. The van der Waals surface area contributed by atoms with Crippen LogP contribution < -0.4 is 15.6 Å². The van der Waals surface area contributed by atoms with Crippen molar-refractivity contribution in [2.45, 2.75) is 13.8 Å². The molecule has 25 heavy (non-hydrogen) atoms. The molecule has 0 aliphatic carbocycles. The Morgan fingerprint density at radius 1 is 1.20 bits per heavy atom. The summed E-state index contributed by atoms with van der Waals surface area (Å²) in [4.78, 5) is 37.7. The van der Waals surface area contributed by atoms with E-state index >= 15 is 0 Å². The van der Waals surface area contributed by atoms with Crippen LogP contribution in [0.1, 0.15) is 22.8 Å². The highest BCUT2D eigenvalue weighted by atomic mass is 32.1. The van der Waals surface area contributed by atoms with Gasteiger partial charge < -0.3 is 14.6 Å². The molecule has 0 atom stereocenters. The summed E-state index contributed by atoms with van der Waals surface area (Å²) in [6, 6.07) is 8.78. The van der Waals surface area contributed by atoms with Gasteiger partial charge in [0.25, 0.3) is 11.5 Å². The summed E-state index contributed by atoms with van der Waals surface area (Å²) in [5.41, 5.74) is 0.681. The van der Waals surface area contributed by atoms with Crippen LogP contribution in [0.2, 0.25) is 0 Å². The van der Waals surface area contributed by atoms with Crippen LogP contribution in [0.4, 0.5) is 5.69 Å². The summed E-state index contributed by atoms with van der Waals surface area (Å²) in [6.07, 6.45) is 0. The van der Waals surface area contributed by atoms with Gasteiger partial charge in [-0.05, 0) is 30.0 Å². The number of pyridine rings is 1. The van der Waals surface area contributed by atoms with Crippen LogP contribution in [0.15, 0.2) is 40.5 Å². The van der Waals surface area contributed by atoms with Crippen molar-refractivity contribution in [3.8, 4) is 5.75 Å². The van der Waals surface area contributed by atoms with E-state index in [1.54, 1.807) is 31.3 Å². The minimum atomic E-state index is -0.615. The van der Waals surface area contributed by atoms with E-state index in [-0.39, 0.29) is 11.3 Å². The van der Waals surface area contributed by atoms with Gasteiger partial charge in [0.2, 0.25) is 0 Å². The fourth-order valence-electron chi connectivity index (χ4n) is 2.60. The zero-order valence-electron chi connectivity index (χ0n) is 14.0. The number of nitrogens with one attached hydrogen (secondary N) is 1. The number of benzene rings is 1. The van der Waals surface area contributed by atoms with E-state index in [1.165, 1.54) is 22.8 Å². The second-order valence-corrected chi connectivity index (χ2v) is 6.44. The minimum absolute atomic E-state index is 0.0118. The zero-order valence-corrected chi connectivity index (χ0v) is 14.8. The van der Waals surface area contributed by atoms with Gasteiger partial charge in [0.1, 0.15) is 10.4 Å². The summed E-state index contributed by atoms with van der Waals surface area (Å²) >= 11 is 1.36. The molecule has 0 aliphatic heterocycles. The minimum Gasteiger partial charge on any atom is -0.425 e. The highest BCUT2D eigenvalue weighted by molar-refractivity contribution is 7.17. The number of esters is 1. The number of rotatable bonds is 3. The number of nitrogens with zero attached hydrogens (tertiary/aromatic N) is 1. The maximum Gasteiger partial charge on any atom is 0.308 e. The van der Waals surface area contributed by atoms with Gasteiger partial charge in [-0.15, -0.1) is 11.3 Å². The van der Waals surface area contributed by atoms with Crippen molar-refractivity contribution in [3.63, 3.8) is 0 Å². The molecule has 3 rings (SSSR count). The molecule has 0 bridgehead atoms. The van der Waals surface area contributed by atoms with Crippen molar-refractivity contribution >= 4 is 39.1 Å². The molecule has 7 heteroatoms. The standard InChI is InChI=1S/C18H16N2O4S/c1-10-9-25-18-13(10)15(24-11(2)21)14(17(23)20(18)3)16(22)19-12-7-5-4-6-8-12/h4-9H,1-3H3,(H,19,22). The number of aromatic nitrogens is 1. The smallest absolute Gasteiger partial charge is 0.308 e. The number of hydrogen-bond acceptors (Lipinski definition) is 5. The molecule has 1 N–H and O–H groups in total. The predicted octanol–water partition coefficient (Wildman–Crippen LogP) is 3.09. The van der Waals surface area contributed by atoms with Crippen LogP contribution in [0.25, 0.3) is 10.2 Å². The topological polar surface area (TPSA) is 77.4 Å². The van der Waals surface area contributed by atoms with Crippen molar-refractivity contribution < 1.29 is 14.3 Å². The number of thiophene rings is 1. The molecule has 1 amide bonds. The lowest BCUT2D eigenvalue weighted by Gasteiger charge is -2.13. The number of ether oxygens (including phenoxy) is 1. The summed E-state index contributed by atoms with van der Waals surface area (Å²) in [5, 5.41) is 5.13. The Bertz CT molecular complexity index is 1030. The Hall–Kier alpha value is -2.93. The third-order valence-electron chi connectivity index (χ3n) is 3.74. The van der Waals surface area contributed by atoms with Crippen molar-refractivity contribution in [3.05, 3.63) is 57.2 Å². The maximum absolute atomic E-state index is 12.8. The van der Waals surface area contributed by atoms with Gasteiger partial charge in [-0.1, -0.05) is 18.2 Å². The lowest BCUT2D eigenvalue weighted by Crippen LogP contribution is -2.29. The fourth-order valence-corrected chi connectivity index (χ4v) is 3.62. The van der Waals surface area contributed by atoms with Crippen LogP contribution >= 0.6 is 11.3 Å². The molecular weight excluding hydrogens is 340 g/mol. The third kappa shape index (κ3) is 3.06. The van der Waals surface area contributed by atoms with Crippen LogP contribution in [-0.4, -0.2) is 16.4 Å². The molecule has 0 aliphatic rings. The summed E-state index contributed by atoms with van der Waals surface area (Å²) in [5.74, 6) is -1.19. The molecule has 2 aromatic heterocycles. The zero-order chi connectivity index (χ0) is 18.1. The van der Waals surface area contributed by atoms with Crippen molar-refractivity contribution in [1.29, 1.82) is 0 Å². The van der Waals surface area contributed by atoms with E-state index in [0.29, 0.717) is 15.9 Å². The first-order valence-electron chi connectivity index (χ1n) is 7.55. The molecule has 0 unspecified atom stereocenters. The lowest BCUT2D eigenvalue weighted by molar-refractivity contribution is -0.131. The van der Waals surface area contributed by atoms with E-state index < -0.39 is 17.4 Å². The van der Waals surface area contributed by atoms with Crippen LogP contribution in [0, 0.1) is 6.92 Å². The monoisotopic (exact) mass is 356 g/mol. The second-order valence-electron chi connectivity index (χ2n) is 5.58. The summed E-state index contributed by atoms with van der Waals surface area (Å²) in [6.45, 7) is 3.08. The van der Waals surface area contributed by atoms with E-state index in [9.17, 15) is 14.4 Å². The summed E-state index contributed by atoms with van der Waals surface area (Å²) in [7, 11) is 1.59. The van der Waals surface area contributed by atoms with Gasteiger partial charge in [0.15, 0.2) is 5.75 Å². The maximum atomic E-state index is 12.8. The number of carbonyl (C=O) groups is 2. The van der Waals surface area contributed by atoms with Gasteiger partial charge >= 0.3 is 5.97 Å². The van der Waals surface area contributed by atoms with Gasteiger partial charge in [-0.2, -0.15) is 0 Å². The normalized spacial score (nSPS) is 10.7. The van der Waals surface area contributed by atoms with Crippen LogP contribution in [0.3, 0.4) is 0 Å². The molecule has 0 radical (unpaired) electrons. The number of carbonyl (C=O) groups excluding carboxylic acids is 2.